The smallest absolute Gasteiger partial charge is 0.407 e. The van der Waals surface area contributed by atoms with Gasteiger partial charge in [0.25, 0.3) is 0 Å². The quantitative estimate of drug-likeness (QED) is 0.177. The van der Waals surface area contributed by atoms with Crippen LogP contribution in [-0.4, -0.2) is 79.2 Å². The Morgan fingerprint density at radius 3 is 2.31 bits per heavy atom. The van der Waals surface area contributed by atoms with Crippen LogP contribution in [0.2, 0.25) is 0 Å². The number of hydrogen-bond acceptors (Lipinski definition) is 6. The van der Waals surface area contributed by atoms with Gasteiger partial charge in [-0.05, 0) is 73.0 Å². The minimum Gasteiger partial charge on any atom is -0.465 e. The lowest BCUT2D eigenvalue weighted by Crippen LogP contribution is -2.51. The molecule has 4 heterocycles. The number of nitrogens with one attached hydrogen (secondary N) is 3. The molecule has 0 bridgehead atoms. The number of ether oxygens (including phenoxy) is 1. The lowest BCUT2D eigenvalue weighted by Gasteiger charge is -2.30. The van der Waals surface area contributed by atoms with E-state index in [1.54, 1.807) is 11.1 Å². The van der Waals surface area contributed by atoms with Crippen molar-refractivity contribution < 1.29 is 28.6 Å². The van der Waals surface area contributed by atoms with Gasteiger partial charge in [0.15, 0.2) is 0 Å². The summed E-state index contributed by atoms with van der Waals surface area (Å²) < 4.78 is 20.7. The first-order valence-corrected chi connectivity index (χ1v) is 16.8. The lowest BCUT2D eigenvalue weighted by molar-refractivity contribution is -0.135. The van der Waals surface area contributed by atoms with Crippen molar-refractivity contribution in [2.75, 3.05) is 20.2 Å². The predicted molar refractivity (Wildman–Crippen MR) is 186 cm³/mol. The highest BCUT2D eigenvalue weighted by Gasteiger charge is 2.37. The van der Waals surface area contributed by atoms with E-state index in [0.717, 1.165) is 18.4 Å². The van der Waals surface area contributed by atoms with E-state index >= 15 is 4.39 Å². The van der Waals surface area contributed by atoms with Crippen LogP contribution in [0.4, 0.5) is 14.0 Å². The van der Waals surface area contributed by atoms with Gasteiger partial charge in [0.1, 0.15) is 29.2 Å². The molecule has 12 nitrogen and oxygen atoms in total. The Kier molecular flexibility index (Phi) is 10.4. The third-order valence-corrected chi connectivity index (χ3v) is 9.18. The monoisotopic (exact) mass is 691 g/mol. The second-order valence-corrected chi connectivity index (χ2v) is 12.8. The highest BCUT2D eigenvalue weighted by molar-refractivity contribution is 5.86. The molecule has 0 spiro atoms. The van der Waals surface area contributed by atoms with E-state index < -0.39 is 24.0 Å². The van der Waals surface area contributed by atoms with Crippen molar-refractivity contribution in [1.82, 2.24) is 35.1 Å². The Bertz CT molecular complexity index is 2050. The van der Waals surface area contributed by atoms with Gasteiger partial charge in [-0.3, -0.25) is 9.69 Å². The molecule has 3 atom stereocenters. The Labute approximate surface area is 294 Å². The number of carbonyl (C=O) groups is 3. The summed E-state index contributed by atoms with van der Waals surface area (Å²) in [5, 5.41) is 12.1. The van der Waals surface area contributed by atoms with Crippen LogP contribution in [0.1, 0.15) is 74.5 Å². The standard InChI is InChI=1S/C38H38FN7O5/c1-23(2)33(44-37(48)51-3)36(47)45-17-9-15-31(45)35-41-22-30(43-35)25-19-28(24-11-5-4-6-12-24)27(29(39)20-25)14-8-7-13-26-21-40-34(42-26)32-16-10-18-46(32)38(49)50/h4-6,11-12,19-23,31-33H,9-10,15-18H2,1-3H3,(H,40,42)(H,41,43)(H,44,48)(H,49,50). The fourth-order valence-corrected chi connectivity index (χ4v) is 6.62. The van der Waals surface area contributed by atoms with E-state index in [9.17, 15) is 19.5 Å². The summed E-state index contributed by atoms with van der Waals surface area (Å²) in [6.07, 6.45) is 4.40. The predicted octanol–water partition coefficient (Wildman–Crippen LogP) is 5.87. The van der Waals surface area contributed by atoms with E-state index in [0.29, 0.717) is 60.1 Å². The number of carbonyl (C=O) groups excluding carboxylic acids is 2. The Morgan fingerprint density at radius 2 is 1.61 bits per heavy atom. The average Bonchev–Trinajstić information content (AvgIpc) is 3.96. The van der Waals surface area contributed by atoms with E-state index in [1.165, 1.54) is 24.3 Å². The molecule has 3 unspecified atom stereocenters. The highest BCUT2D eigenvalue weighted by Crippen LogP contribution is 2.35. The number of halogens is 1. The molecular weight excluding hydrogens is 653 g/mol. The number of carboxylic acid groups (broad SMARTS) is 1. The van der Waals surface area contributed by atoms with Gasteiger partial charge in [-0.15, -0.1) is 0 Å². The normalized spacial score (nSPS) is 17.4. The number of alkyl carbamates (subject to hydrolysis) is 1. The molecule has 0 saturated carbocycles. The van der Waals surface area contributed by atoms with Gasteiger partial charge in [0.2, 0.25) is 5.91 Å². The van der Waals surface area contributed by atoms with E-state index in [1.807, 2.05) is 50.2 Å². The van der Waals surface area contributed by atoms with E-state index in [-0.39, 0.29) is 29.5 Å². The summed E-state index contributed by atoms with van der Waals surface area (Å²) in [5.41, 5.74) is 3.12. The Hall–Kier alpha value is -6.08. The maximum atomic E-state index is 15.9. The summed E-state index contributed by atoms with van der Waals surface area (Å²) in [4.78, 5) is 55.5. The summed E-state index contributed by atoms with van der Waals surface area (Å²) in [6, 6.07) is 11.1. The highest BCUT2D eigenvalue weighted by atomic mass is 19.1. The number of rotatable bonds is 7. The number of aromatic nitrogens is 4. The molecule has 6 rings (SSSR count). The van der Waals surface area contributed by atoms with Crippen molar-refractivity contribution in [2.45, 2.75) is 57.7 Å². The molecule has 4 aromatic rings. The molecule has 51 heavy (non-hydrogen) atoms. The van der Waals surface area contributed by atoms with Crippen LogP contribution in [-0.2, 0) is 9.53 Å². The molecule has 2 fully saturated rings. The van der Waals surface area contributed by atoms with Crippen LogP contribution in [0.15, 0.2) is 54.9 Å². The molecule has 13 heteroatoms. The van der Waals surface area contributed by atoms with E-state index in [4.69, 9.17) is 4.74 Å². The van der Waals surface area contributed by atoms with Gasteiger partial charge in [0, 0.05) is 24.2 Å². The first-order chi connectivity index (χ1) is 24.6. The van der Waals surface area contributed by atoms with Gasteiger partial charge in [-0.1, -0.05) is 44.2 Å². The summed E-state index contributed by atoms with van der Waals surface area (Å²) in [7, 11) is 1.26. The van der Waals surface area contributed by atoms with Crippen molar-refractivity contribution in [3.63, 3.8) is 0 Å². The van der Waals surface area contributed by atoms with Crippen molar-refractivity contribution >= 4 is 18.1 Å². The van der Waals surface area contributed by atoms with Crippen LogP contribution in [0, 0.1) is 35.4 Å². The van der Waals surface area contributed by atoms with E-state index in [2.05, 4.69) is 48.9 Å². The number of likely N-dealkylation sites (tertiary alicyclic amines) is 2. The zero-order chi connectivity index (χ0) is 36.1. The van der Waals surface area contributed by atoms with Crippen LogP contribution in [0.5, 0.6) is 0 Å². The van der Waals surface area contributed by atoms with Crippen LogP contribution in [0.3, 0.4) is 0 Å². The second-order valence-electron chi connectivity index (χ2n) is 12.8. The van der Waals surface area contributed by atoms with Crippen LogP contribution in [0.25, 0.3) is 22.4 Å². The fraction of sp³-hybridized carbons (Fsp3) is 0.342. The summed E-state index contributed by atoms with van der Waals surface area (Å²) in [6.45, 7) is 4.69. The first-order valence-electron chi connectivity index (χ1n) is 16.8. The van der Waals surface area contributed by atoms with Crippen LogP contribution < -0.4 is 5.32 Å². The van der Waals surface area contributed by atoms with Crippen molar-refractivity contribution in [3.05, 3.63) is 83.6 Å². The maximum Gasteiger partial charge on any atom is 0.407 e. The van der Waals surface area contributed by atoms with Crippen LogP contribution >= 0.6 is 0 Å². The molecule has 2 saturated heterocycles. The zero-order valence-electron chi connectivity index (χ0n) is 28.5. The largest absolute Gasteiger partial charge is 0.465 e. The molecule has 2 aliphatic rings. The zero-order valence-corrected chi connectivity index (χ0v) is 28.5. The molecule has 2 aromatic heterocycles. The molecule has 4 N–H and O–H groups in total. The third-order valence-electron chi connectivity index (χ3n) is 9.18. The summed E-state index contributed by atoms with van der Waals surface area (Å²) in [5.74, 6) is 11.5. The van der Waals surface area contributed by atoms with Gasteiger partial charge in [0.05, 0.1) is 42.8 Å². The molecule has 0 aliphatic carbocycles. The molecule has 0 radical (unpaired) electrons. The molecule has 3 amide bonds. The van der Waals surface area contributed by atoms with Gasteiger partial charge < -0.3 is 30.0 Å². The molecule has 262 valence electrons. The number of imidazole rings is 2. The minimum absolute atomic E-state index is 0.163. The van der Waals surface area contributed by atoms with Crippen molar-refractivity contribution in [2.24, 2.45) is 5.92 Å². The average molecular weight is 692 g/mol. The first kappa shape index (κ1) is 34.8. The number of aromatic amines is 2. The van der Waals surface area contributed by atoms with Gasteiger partial charge >= 0.3 is 12.2 Å². The van der Waals surface area contributed by atoms with Gasteiger partial charge in [-0.25, -0.2) is 23.9 Å². The minimum atomic E-state index is -0.985. The number of methoxy groups -OCH3 is 1. The second kappa shape index (κ2) is 15.2. The topological polar surface area (TPSA) is 157 Å². The third kappa shape index (κ3) is 7.58. The number of benzene rings is 2. The fourth-order valence-electron chi connectivity index (χ4n) is 6.62. The maximum absolute atomic E-state index is 15.9. The molecule has 2 aromatic carbocycles. The molecular formula is C38H38FN7O5. The Morgan fingerprint density at radius 1 is 0.941 bits per heavy atom. The van der Waals surface area contributed by atoms with Crippen molar-refractivity contribution in [3.8, 4) is 46.1 Å². The number of amides is 3. The molecule has 2 aliphatic heterocycles. The van der Waals surface area contributed by atoms with Crippen molar-refractivity contribution in [1.29, 1.82) is 0 Å². The SMILES string of the molecule is COC(=O)NC(C(=O)N1CCCC1c1ncc(-c2cc(F)c(C#CC#Cc3cnc(C4CCCN4C(=O)O)[nH]3)c(-c3ccccc3)c2)[nH]1)C(C)C. The Balaban J connectivity index is 1.25. The summed E-state index contributed by atoms with van der Waals surface area (Å²) >= 11 is 0. The lowest BCUT2D eigenvalue weighted by atomic mass is 9.96. The number of H-pyrrole nitrogens is 2. The number of nitrogens with zero attached hydrogens (tertiary/aromatic N) is 4. The van der Waals surface area contributed by atoms with Gasteiger partial charge in [-0.2, -0.15) is 0 Å². The number of hydrogen-bond donors (Lipinski definition) is 4.